The highest BCUT2D eigenvalue weighted by Gasteiger charge is 2.47. The third kappa shape index (κ3) is 2.63. The van der Waals surface area contributed by atoms with Gasteiger partial charge in [-0.3, -0.25) is 0 Å². The van der Waals surface area contributed by atoms with Gasteiger partial charge >= 0.3 is 0 Å². The molecule has 96 valence electrons. The highest BCUT2D eigenvalue weighted by molar-refractivity contribution is 4.97. The zero-order chi connectivity index (χ0) is 12.2. The second-order valence-electron chi connectivity index (χ2n) is 6.78. The Balaban J connectivity index is 2.79. The Morgan fingerprint density at radius 3 is 2.31 bits per heavy atom. The van der Waals surface area contributed by atoms with Crippen LogP contribution >= 0.6 is 0 Å². The Kier molecular flexibility index (Phi) is 4.88. The van der Waals surface area contributed by atoms with Crippen molar-refractivity contribution in [2.45, 2.75) is 86.0 Å². The van der Waals surface area contributed by atoms with Crippen LogP contribution in [0.5, 0.6) is 0 Å². The van der Waals surface area contributed by atoms with Crippen LogP contribution in [0.15, 0.2) is 0 Å². The summed E-state index contributed by atoms with van der Waals surface area (Å²) >= 11 is 0. The molecule has 0 N–H and O–H groups in total. The summed E-state index contributed by atoms with van der Waals surface area (Å²) in [6.45, 7) is 12.3. The lowest BCUT2D eigenvalue weighted by molar-refractivity contribution is -0.0381. The van der Waals surface area contributed by atoms with Gasteiger partial charge in [-0.15, -0.1) is 0 Å². The highest BCUT2D eigenvalue weighted by atomic mass is 14.5. The molecule has 1 saturated carbocycles. The summed E-state index contributed by atoms with van der Waals surface area (Å²) in [5.74, 6) is 0.983. The van der Waals surface area contributed by atoms with E-state index in [4.69, 9.17) is 0 Å². The molecule has 2 atom stereocenters. The van der Waals surface area contributed by atoms with Crippen LogP contribution in [0.25, 0.3) is 0 Å². The number of rotatable bonds is 5. The van der Waals surface area contributed by atoms with Crippen LogP contribution in [0.1, 0.15) is 86.0 Å². The Labute approximate surface area is 103 Å². The summed E-state index contributed by atoms with van der Waals surface area (Å²) in [4.78, 5) is 0. The van der Waals surface area contributed by atoms with Gasteiger partial charge in [0.15, 0.2) is 0 Å². The summed E-state index contributed by atoms with van der Waals surface area (Å²) in [5, 5.41) is 0. The first kappa shape index (κ1) is 14.1. The van der Waals surface area contributed by atoms with Crippen LogP contribution in [0, 0.1) is 16.7 Å². The predicted molar refractivity (Wildman–Crippen MR) is 73.7 cm³/mol. The van der Waals surface area contributed by atoms with Crippen LogP contribution in [0.3, 0.4) is 0 Å². The molecular formula is C16H32. The Hall–Kier alpha value is 0. The quantitative estimate of drug-likeness (QED) is 0.553. The third-order valence-electron chi connectivity index (χ3n) is 5.48. The van der Waals surface area contributed by atoms with Crippen LogP contribution < -0.4 is 0 Å². The number of hydrogen-bond donors (Lipinski definition) is 0. The van der Waals surface area contributed by atoms with E-state index in [-0.39, 0.29) is 0 Å². The average molecular weight is 224 g/mol. The van der Waals surface area contributed by atoms with Crippen molar-refractivity contribution < 1.29 is 0 Å². The Morgan fingerprint density at radius 2 is 1.75 bits per heavy atom. The molecule has 0 saturated heterocycles. The lowest BCUT2D eigenvalue weighted by atomic mass is 9.51. The zero-order valence-electron chi connectivity index (χ0n) is 12.2. The van der Waals surface area contributed by atoms with Crippen molar-refractivity contribution >= 4 is 0 Å². The average Bonchev–Trinajstić information content (AvgIpc) is 2.21. The van der Waals surface area contributed by atoms with Crippen molar-refractivity contribution in [3.63, 3.8) is 0 Å². The molecule has 0 spiro atoms. The van der Waals surface area contributed by atoms with Crippen molar-refractivity contribution in [3.05, 3.63) is 0 Å². The van der Waals surface area contributed by atoms with Gasteiger partial charge in [0.1, 0.15) is 0 Å². The lowest BCUT2D eigenvalue weighted by Crippen LogP contribution is -2.44. The zero-order valence-corrected chi connectivity index (χ0v) is 12.2. The van der Waals surface area contributed by atoms with E-state index in [1.807, 2.05) is 0 Å². The van der Waals surface area contributed by atoms with E-state index in [0.29, 0.717) is 10.8 Å². The molecule has 2 unspecified atom stereocenters. The second kappa shape index (κ2) is 5.56. The molecule has 0 nitrogen and oxygen atoms in total. The maximum absolute atomic E-state index is 2.58. The third-order valence-corrected chi connectivity index (χ3v) is 5.48. The fourth-order valence-electron chi connectivity index (χ4n) is 3.92. The van der Waals surface area contributed by atoms with Crippen molar-refractivity contribution in [2.24, 2.45) is 16.7 Å². The molecule has 0 amide bonds. The van der Waals surface area contributed by atoms with Gasteiger partial charge in [-0.1, -0.05) is 60.3 Å². The van der Waals surface area contributed by atoms with E-state index in [1.54, 1.807) is 0 Å². The van der Waals surface area contributed by atoms with Crippen molar-refractivity contribution in [1.82, 2.24) is 0 Å². The molecule has 0 heteroatoms. The fourth-order valence-corrected chi connectivity index (χ4v) is 3.92. The molecule has 0 aliphatic heterocycles. The van der Waals surface area contributed by atoms with Crippen molar-refractivity contribution in [3.8, 4) is 0 Å². The molecule has 0 aromatic carbocycles. The molecule has 0 radical (unpaired) electrons. The molecular weight excluding hydrogens is 192 g/mol. The second-order valence-corrected chi connectivity index (χ2v) is 6.78. The first-order valence-corrected chi connectivity index (χ1v) is 7.48. The lowest BCUT2D eigenvalue weighted by Gasteiger charge is -2.54. The summed E-state index contributed by atoms with van der Waals surface area (Å²) in [7, 11) is 0. The molecule has 1 aliphatic rings. The summed E-state index contributed by atoms with van der Waals surface area (Å²) in [6.07, 6.45) is 11.4. The van der Waals surface area contributed by atoms with Gasteiger partial charge in [0.25, 0.3) is 0 Å². The maximum Gasteiger partial charge on any atom is -0.0246 e. The molecule has 1 aliphatic carbocycles. The van der Waals surface area contributed by atoms with Crippen LogP contribution in [-0.2, 0) is 0 Å². The van der Waals surface area contributed by atoms with E-state index in [2.05, 4.69) is 34.6 Å². The minimum Gasteiger partial charge on any atom is -0.0654 e. The van der Waals surface area contributed by atoms with Gasteiger partial charge in [-0.25, -0.2) is 0 Å². The summed E-state index contributed by atoms with van der Waals surface area (Å²) in [5.41, 5.74) is 1.15. The van der Waals surface area contributed by atoms with Gasteiger partial charge in [-0.05, 0) is 42.4 Å². The number of hydrogen-bond acceptors (Lipinski definition) is 0. The van der Waals surface area contributed by atoms with Gasteiger partial charge < -0.3 is 0 Å². The molecule has 0 heterocycles. The Bertz CT molecular complexity index is 204. The van der Waals surface area contributed by atoms with Crippen LogP contribution in [-0.4, -0.2) is 0 Å². The molecule has 0 aromatic heterocycles. The fraction of sp³-hybridized carbons (Fsp3) is 1.00. The van der Waals surface area contributed by atoms with Crippen LogP contribution in [0.2, 0.25) is 0 Å². The van der Waals surface area contributed by atoms with Gasteiger partial charge in [0.05, 0.1) is 0 Å². The van der Waals surface area contributed by atoms with Gasteiger partial charge in [0.2, 0.25) is 0 Å². The summed E-state index contributed by atoms with van der Waals surface area (Å²) in [6, 6.07) is 0. The highest BCUT2D eigenvalue weighted by Crippen LogP contribution is 2.57. The van der Waals surface area contributed by atoms with E-state index in [0.717, 1.165) is 5.92 Å². The summed E-state index contributed by atoms with van der Waals surface area (Å²) < 4.78 is 0. The van der Waals surface area contributed by atoms with E-state index in [1.165, 1.54) is 51.4 Å². The van der Waals surface area contributed by atoms with Gasteiger partial charge in [-0.2, -0.15) is 0 Å². The maximum atomic E-state index is 2.58. The molecule has 0 bridgehead atoms. The molecule has 16 heavy (non-hydrogen) atoms. The SMILES string of the molecule is CCCCC1CCCC(C)(C)C1(C)CCC. The normalized spacial score (nSPS) is 33.9. The smallest absolute Gasteiger partial charge is 0.0246 e. The molecule has 0 aromatic rings. The van der Waals surface area contributed by atoms with E-state index < -0.39 is 0 Å². The Morgan fingerprint density at radius 1 is 1.06 bits per heavy atom. The predicted octanol–water partition coefficient (Wildman–Crippen LogP) is 5.81. The van der Waals surface area contributed by atoms with Crippen molar-refractivity contribution in [2.75, 3.05) is 0 Å². The minimum absolute atomic E-state index is 0.555. The minimum atomic E-state index is 0.555. The first-order valence-electron chi connectivity index (χ1n) is 7.48. The van der Waals surface area contributed by atoms with Crippen LogP contribution in [0.4, 0.5) is 0 Å². The van der Waals surface area contributed by atoms with Gasteiger partial charge in [0, 0.05) is 0 Å². The largest absolute Gasteiger partial charge is 0.0654 e. The first-order chi connectivity index (χ1) is 7.48. The monoisotopic (exact) mass is 224 g/mol. The van der Waals surface area contributed by atoms with E-state index in [9.17, 15) is 0 Å². The topological polar surface area (TPSA) is 0 Å². The molecule has 1 fully saturated rings. The molecule has 1 rings (SSSR count). The van der Waals surface area contributed by atoms with Crippen molar-refractivity contribution in [1.29, 1.82) is 0 Å². The van der Waals surface area contributed by atoms with E-state index >= 15 is 0 Å². The number of unbranched alkanes of at least 4 members (excludes halogenated alkanes) is 1. The standard InChI is InChI=1S/C16H32/c1-6-8-10-14-11-9-13-15(3,4)16(14,5)12-7-2/h14H,6-13H2,1-5H3.